The highest BCUT2D eigenvalue weighted by Gasteiger charge is 2.12. The Labute approximate surface area is 110 Å². The first-order chi connectivity index (χ1) is 8.08. The van der Waals surface area contributed by atoms with Gasteiger partial charge in [-0.3, -0.25) is 0 Å². The summed E-state index contributed by atoms with van der Waals surface area (Å²) in [5, 5.41) is 21.8. The molecule has 6 heteroatoms. The zero-order chi connectivity index (χ0) is 12.8. The number of halogens is 2. The minimum Gasteiger partial charge on any atom is -0.489 e. The van der Waals surface area contributed by atoms with Crippen LogP contribution in [-0.4, -0.2) is 36.6 Å². The first-order valence-electron chi connectivity index (χ1n) is 5.12. The summed E-state index contributed by atoms with van der Waals surface area (Å²) >= 11 is 11.9. The van der Waals surface area contributed by atoms with E-state index in [2.05, 4.69) is 5.32 Å². The molecule has 17 heavy (non-hydrogen) atoms. The van der Waals surface area contributed by atoms with E-state index in [-0.39, 0.29) is 13.2 Å². The van der Waals surface area contributed by atoms with Gasteiger partial charge in [0.05, 0.1) is 11.6 Å². The first kappa shape index (κ1) is 14.5. The van der Waals surface area contributed by atoms with Gasteiger partial charge >= 0.3 is 0 Å². The molecule has 0 amide bonds. The molecular formula is C11H15Cl2NO3. The van der Waals surface area contributed by atoms with Crippen LogP contribution < -0.4 is 10.1 Å². The lowest BCUT2D eigenvalue weighted by Gasteiger charge is -2.15. The van der Waals surface area contributed by atoms with Gasteiger partial charge in [0.15, 0.2) is 0 Å². The van der Waals surface area contributed by atoms with E-state index in [1.54, 1.807) is 19.2 Å². The highest BCUT2D eigenvalue weighted by atomic mass is 35.5. The fraction of sp³-hybridized carbons (Fsp3) is 0.455. The molecule has 0 aromatic heterocycles. The summed E-state index contributed by atoms with van der Waals surface area (Å²) in [5.74, 6) is 0.470. The normalized spacial score (nSPS) is 12.5. The number of ether oxygens (including phenoxy) is 1. The lowest BCUT2D eigenvalue weighted by molar-refractivity contribution is 0.0533. The van der Waals surface area contributed by atoms with E-state index < -0.39 is 6.10 Å². The molecule has 3 N–H and O–H groups in total. The molecule has 1 aromatic rings. The number of hydrogen-bond donors (Lipinski definition) is 3. The molecule has 1 atom stereocenters. The SMILES string of the molecule is CNCc1cc(Cl)cc(Cl)c1OCC(O)CO. The van der Waals surface area contributed by atoms with Crippen LogP contribution in [-0.2, 0) is 6.54 Å². The largest absolute Gasteiger partial charge is 0.489 e. The highest BCUT2D eigenvalue weighted by molar-refractivity contribution is 6.35. The Bertz CT molecular complexity index is 374. The van der Waals surface area contributed by atoms with Crippen LogP contribution in [0, 0.1) is 0 Å². The summed E-state index contributed by atoms with van der Waals surface area (Å²) < 4.78 is 5.39. The molecule has 0 bridgehead atoms. The summed E-state index contributed by atoms with van der Waals surface area (Å²) in [7, 11) is 1.79. The van der Waals surface area contributed by atoms with Gasteiger partial charge < -0.3 is 20.3 Å². The van der Waals surface area contributed by atoms with Crippen molar-refractivity contribution in [2.24, 2.45) is 0 Å². The maximum absolute atomic E-state index is 9.23. The molecule has 0 radical (unpaired) electrons. The van der Waals surface area contributed by atoms with Gasteiger partial charge in [0, 0.05) is 17.1 Å². The zero-order valence-corrected chi connectivity index (χ0v) is 10.9. The maximum Gasteiger partial charge on any atom is 0.142 e. The highest BCUT2D eigenvalue weighted by Crippen LogP contribution is 2.32. The molecule has 4 nitrogen and oxygen atoms in total. The van der Waals surface area contributed by atoms with Crippen molar-refractivity contribution in [3.8, 4) is 5.75 Å². The fourth-order valence-corrected chi connectivity index (χ4v) is 1.92. The van der Waals surface area contributed by atoms with E-state index in [1.165, 1.54) is 0 Å². The number of aliphatic hydroxyl groups excluding tert-OH is 2. The molecular weight excluding hydrogens is 265 g/mol. The van der Waals surface area contributed by atoms with Crippen molar-refractivity contribution in [3.63, 3.8) is 0 Å². The van der Waals surface area contributed by atoms with Crippen molar-refractivity contribution in [2.45, 2.75) is 12.6 Å². The van der Waals surface area contributed by atoms with Gasteiger partial charge in [-0.05, 0) is 19.2 Å². The quantitative estimate of drug-likeness (QED) is 0.738. The van der Waals surface area contributed by atoms with Crippen molar-refractivity contribution in [2.75, 3.05) is 20.3 Å². The van der Waals surface area contributed by atoms with Crippen LogP contribution in [0.25, 0.3) is 0 Å². The Balaban J connectivity index is 2.87. The molecule has 0 spiro atoms. The Morgan fingerprint density at radius 1 is 1.41 bits per heavy atom. The van der Waals surface area contributed by atoms with Gasteiger partial charge in [0.1, 0.15) is 18.5 Å². The van der Waals surface area contributed by atoms with Crippen LogP contribution in [0.3, 0.4) is 0 Å². The number of rotatable bonds is 6. The minimum absolute atomic E-state index is 0.0193. The summed E-state index contributed by atoms with van der Waals surface area (Å²) in [6, 6.07) is 3.31. The van der Waals surface area contributed by atoms with Gasteiger partial charge in [0.2, 0.25) is 0 Å². The van der Waals surface area contributed by atoms with Crippen LogP contribution in [0.4, 0.5) is 0 Å². The third-order valence-electron chi connectivity index (χ3n) is 2.08. The maximum atomic E-state index is 9.23. The summed E-state index contributed by atoms with van der Waals surface area (Å²) in [5.41, 5.74) is 0.801. The Morgan fingerprint density at radius 2 is 2.12 bits per heavy atom. The molecule has 0 fully saturated rings. The van der Waals surface area contributed by atoms with E-state index in [1.807, 2.05) is 0 Å². The monoisotopic (exact) mass is 279 g/mol. The lowest BCUT2D eigenvalue weighted by atomic mass is 10.2. The van der Waals surface area contributed by atoms with E-state index in [9.17, 15) is 5.11 Å². The molecule has 0 saturated heterocycles. The second kappa shape index (κ2) is 7.03. The van der Waals surface area contributed by atoms with Crippen molar-refractivity contribution >= 4 is 23.2 Å². The Hall–Kier alpha value is -0.520. The molecule has 0 saturated carbocycles. The summed E-state index contributed by atoms with van der Waals surface area (Å²) in [4.78, 5) is 0. The zero-order valence-electron chi connectivity index (χ0n) is 9.41. The van der Waals surface area contributed by atoms with Gasteiger partial charge in [0.25, 0.3) is 0 Å². The second-order valence-corrected chi connectivity index (χ2v) is 4.40. The van der Waals surface area contributed by atoms with Crippen LogP contribution in [0.2, 0.25) is 10.0 Å². The molecule has 0 heterocycles. The third-order valence-corrected chi connectivity index (χ3v) is 2.58. The van der Waals surface area contributed by atoms with Crippen LogP contribution in [0.1, 0.15) is 5.56 Å². The van der Waals surface area contributed by atoms with Gasteiger partial charge in [-0.15, -0.1) is 0 Å². The van der Waals surface area contributed by atoms with Crippen molar-refractivity contribution in [1.82, 2.24) is 5.32 Å². The Kier molecular flexibility index (Phi) is 6.02. The van der Waals surface area contributed by atoms with Crippen LogP contribution >= 0.6 is 23.2 Å². The van der Waals surface area contributed by atoms with Gasteiger partial charge in [-0.2, -0.15) is 0 Å². The predicted molar refractivity (Wildman–Crippen MR) is 67.8 cm³/mol. The molecule has 0 aliphatic heterocycles. The average molecular weight is 280 g/mol. The van der Waals surface area contributed by atoms with Crippen molar-refractivity contribution in [3.05, 3.63) is 27.7 Å². The van der Waals surface area contributed by atoms with E-state index in [0.29, 0.717) is 22.3 Å². The molecule has 1 rings (SSSR count). The van der Waals surface area contributed by atoms with Crippen molar-refractivity contribution in [1.29, 1.82) is 0 Å². The first-order valence-corrected chi connectivity index (χ1v) is 5.88. The molecule has 1 unspecified atom stereocenters. The summed E-state index contributed by atoms with van der Waals surface area (Å²) in [6.45, 7) is 0.173. The van der Waals surface area contributed by atoms with E-state index >= 15 is 0 Å². The molecule has 0 aliphatic carbocycles. The number of benzene rings is 1. The number of hydrogen-bond acceptors (Lipinski definition) is 4. The van der Waals surface area contributed by atoms with Crippen LogP contribution in [0.15, 0.2) is 12.1 Å². The molecule has 0 aliphatic rings. The second-order valence-electron chi connectivity index (χ2n) is 3.55. The van der Waals surface area contributed by atoms with E-state index in [0.717, 1.165) is 5.56 Å². The number of nitrogens with one attached hydrogen (secondary N) is 1. The van der Waals surface area contributed by atoms with E-state index in [4.69, 9.17) is 33.0 Å². The predicted octanol–water partition coefficient (Wildman–Crippen LogP) is 1.44. The number of aliphatic hydroxyl groups is 2. The topological polar surface area (TPSA) is 61.7 Å². The molecule has 1 aromatic carbocycles. The van der Waals surface area contributed by atoms with Gasteiger partial charge in [-0.1, -0.05) is 23.2 Å². The standard InChI is InChI=1S/C11H15Cl2NO3/c1-14-4-7-2-8(12)3-10(13)11(7)17-6-9(16)5-15/h2-3,9,14-16H,4-6H2,1H3. The van der Waals surface area contributed by atoms with Crippen molar-refractivity contribution < 1.29 is 14.9 Å². The minimum atomic E-state index is -0.927. The van der Waals surface area contributed by atoms with Crippen LogP contribution in [0.5, 0.6) is 5.75 Å². The smallest absolute Gasteiger partial charge is 0.142 e. The summed E-state index contributed by atoms with van der Waals surface area (Å²) in [6.07, 6.45) is -0.927. The third kappa shape index (κ3) is 4.33. The lowest BCUT2D eigenvalue weighted by Crippen LogP contribution is -2.22. The molecule has 96 valence electrons. The fourth-order valence-electron chi connectivity index (χ4n) is 1.33. The average Bonchev–Trinajstić information content (AvgIpc) is 2.27. The Morgan fingerprint density at radius 3 is 2.71 bits per heavy atom. The van der Waals surface area contributed by atoms with Gasteiger partial charge in [-0.25, -0.2) is 0 Å².